The number of likely N-dealkylation sites (N-methyl/N-ethyl adjacent to an activating group) is 1. The molecule has 3 heteroatoms. The fourth-order valence-electron chi connectivity index (χ4n) is 2.54. The minimum Gasteiger partial charge on any atom is -0.378 e. The first-order valence-electron chi connectivity index (χ1n) is 6.53. The van der Waals surface area contributed by atoms with Gasteiger partial charge in [-0.15, -0.1) is 0 Å². The van der Waals surface area contributed by atoms with Crippen LogP contribution in [-0.4, -0.2) is 38.0 Å². The van der Waals surface area contributed by atoms with Crippen molar-refractivity contribution in [1.29, 1.82) is 0 Å². The highest BCUT2D eigenvalue weighted by Gasteiger charge is 2.29. The van der Waals surface area contributed by atoms with E-state index in [1.807, 2.05) is 7.05 Å². The fraction of sp³-hybridized carbons (Fsp3) is 1.00. The monoisotopic (exact) mass is 229 g/mol. The molecule has 2 unspecified atom stereocenters. The third-order valence-corrected chi connectivity index (χ3v) is 3.51. The van der Waals surface area contributed by atoms with Crippen molar-refractivity contribution in [2.45, 2.75) is 64.2 Å². The zero-order chi connectivity index (χ0) is 12.0. The molecule has 3 nitrogen and oxygen atoms in total. The molecule has 16 heavy (non-hydrogen) atoms. The Labute approximate surface area is 99.9 Å². The van der Waals surface area contributed by atoms with E-state index in [-0.39, 0.29) is 5.60 Å². The highest BCUT2D eigenvalue weighted by molar-refractivity contribution is 4.85. The molecule has 1 N–H and O–H groups in total. The number of hydrogen-bond donors (Lipinski definition) is 1. The van der Waals surface area contributed by atoms with Gasteiger partial charge < -0.3 is 14.8 Å². The average Bonchev–Trinajstić information content (AvgIpc) is 2.71. The van der Waals surface area contributed by atoms with E-state index < -0.39 is 0 Å². The molecular weight excluding hydrogens is 202 g/mol. The van der Waals surface area contributed by atoms with Gasteiger partial charge in [-0.1, -0.05) is 0 Å². The molecule has 1 heterocycles. The predicted molar refractivity (Wildman–Crippen MR) is 66.8 cm³/mol. The summed E-state index contributed by atoms with van der Waals surface area (Å²) in [6.07, 6.45) is 5.19. The van der Waals surface area contributed by atoms with Crippen molar-refractivity contribution in [2.24, 2.45) is 0 Å². The summed E-state index contributed by atoms with van der Waals surface area (Å²) in [4.78, 5) is 0. The van der Waals surface area contributed by atoms with Crippen molar-refractivity contribution >= 4 is 0 Å². The van der Waals surface area contributed by atoms with Crippen LogP contribution < -0.4 is 5.32 Å². The third-order valence-electron chi connectivity index (χ3n) is 3.51. The third kappa shape index (κ3) is 4.04. The van der Waals surface area contributed by atoms with Crippen LogP contribution in [0.4, 0.5) is 0 Å². The Bertz CT molecular complexity index is 188. The Hall–Kier alpha value is -0.120. The number of ether oxygens (including phenoxy) is 2. The summed E-state index contributed by atoms with van der Waals surface area (Å²) in [5.41, 5.74) is -0.0951. The zero-order valence-corrected chi connectivity index (χ0v) is 11.2. The van der Waals surface area contributed by atoms with Crippen LogP contribution in [0, 0.1) is 0 Å². The summed E-state index contributed by atoms with van der Waals surface area (Å²) in [5, 5.41) is 3.37. The molecule has 1 aliphatic rings. The van der Waals surface area contributed by atoms with E-state index >= 15 is 0 Å². The molecule has 1 rings (SSSR count). The lowest BCUT2D eigenvalue weighted by molar-refractivity contribution is -0.0414. The van der Waals surface area contributed by atoms with Gasteiger partial charge in [0.2, 0.25) is 0 Å². The van der Waals surface area contributed by atoms with E-state index in [1.165, 1.54) is 12.8 Å². The molecule has 0 amide bonds. The highest BCUT2D eigenvalue weighted by atomic mass is 16.5. The van der Waals surface area contributed by atoms with Gasteiger partial charge in [0.15, 0.2) is 0 Å². The van der Waals surface area contributed by atoms with Crippen molar-refractivity contribution in [3.63, 3.8) is 0 Å². The highest BCUT2D eigenvalue weighted by Crippen LogP contribution is 2.23. The van der Waals surface area contributed by atoms with Gasteiger partial charge in [0.1, 0.15) is 0 Å². The van der Waals surface area contributed by atoms with Gasteiger partial charge in [0.05, 0.1) is 11.7 Å². The standard InChI is InChI=1S/C13H27NO2/c1-5-16-13(2,3)12(14-4)9-8-11-7-6-10-15-11/h11-12,14H,5-10H2,1-4H3. The molecule has 0 aliphatic carbocycles. The number of rotatable bonds is 7. The van der Waals surface area contributed by atoms with Crippen molar-refractivity contribution in [3.05, 3.63) is 0 Å². The second-order valence-electron chi connectivity index (χ2n) is 5.09. The maximum absolute atomic E-state index is 5.79. The predicted octanol–water partition coefficient (Wildman–Crippen LogP) is 2.35. The molecule has 0 saturated carbocycles. The molecule has 0 spiro atoms. The summed E-state index contributed by atoms with van der Waals surface area (Å²) in [7, 11) is 2.01. The molecule has 0 bridgehead atoms. The fourth-order valence-corrected chi connectivity index (χ4v) is 2.54. The Morgan fingerprint density at radius 2 is 2.25 bits per heavy atom. The molecule has 2 atom stereocenters. The van der Waals surface area contributed by atoms with Gasteiger partial charge in [-0.05, 0) is 53.5 Å². The minimum atomic E-state index is -0.0951. The molecule has 0 aromatic rings. The molecule has 1 fully saturated rings. The molecule has 0 aromatic carbocycles. The van der Waals surface area contributed by atoms with Crippen LogP contribution in [0.1, 0.15) is 46.5 Å². The van der Waals surface area contributed by atoms with E-state index in [2.05, 4.69) is 26.1 Å². The molecular formula is C13H27NO2. The van der Waals surface area contributed by atoms with E-state index in [0.29, 0.717) is 12.1 Å². The largest absolute Gasteiger partial charge is 0.378 e. The lowest BCUT2D eigenvalue weighted by atomic mass is 9.92. The summed E-state index contributed by atoms with van der Waals surface area (Å²) < 4.78 is 11.4. The Kier molecular flexibility index (Phi) is 5.73. The lowest BCUT2D eigenvalue weighted by Gasteiger charge is -2.34. The topological polar surface area (TPSA) is 30.5 Å². The quantitative estimate of drug-likeness (QED) is 0.727. The van der Waals surface area contributed by atoms with E-state index in [4.69, 9.17) is 9.47 Å². The second kappa shape index (κ2) is 6.58. The van der Waals surface area contributed by atoms with Crippen molar-refractivity contribution < 1.29 is 9.47 Å². The Balaban J connectivity index is 2.34. The molecule has 0 radical (unpaired) electrons. The van der Waals surface area contributed by atoms with Gasteiger partial charge in [0, 0.05) is 19.3 Å². The van der Waals surface area contributed by atoms with Crippen molar-refractivity contribution in [3.8, 4) is 0 Å². The van der Waals surface area contributed by atoms with Gasteiger partial charge in [-0.3, -0.25) is 0 Å². The van der Waals surface area contributed by atoms with E-state index in [1.54, 1.807) is 0 Å². The van der Waals surface area contributed by atoms with E-state index in [0.717, 1.165) is 26.1 Å². The summed E-state index contributed by atoms with van der Waals surface area (Å²) in [6.45, 7) is 8.09. The molecule has 96 valence electrons. The van der Waals surface area contributed by atoms with Gasteiger partial charge in [-0.25, -0.2) is 0 Å². The first-order chi connectivity index (χ1) is 7.60. The van der Waals surface area contributed by atoms with Crippen LogP contribution in [0.15, 0.2) is 0 Å². The normalized spacial score (nSPS) is 23.6. The first kappa shape index (κ1) is 13.9. The summed E-state index contributed by atoms with van der Waals surface area (Å²) in [5.74, 6) is 0. The van der Waals surface area contributed by atoms with Crippen molar-refractivity contribution in [1.82, 2.24) is 5.32 Å². The number of nitrogens with one attached hydrogen (secondary N) is 1. The van der Waals surface area contributed by atoms with Crippen LogP contribution >= 0.6 is 0 Å². The second-order valence-corrected chi connectivity index (χ2v) is 5.09. The lowest BCUT2D eigenvalue weighted by Crippen LogP contribution is -2.47. The smallest absolute Gasteiger partial charge is 0.0778 e. The first-order valence-corrected chi connectivity index (χ1v) is 6.53. The SMILES string of the molecule is CCOC(C)(C)C(CCC1CCCO1)NC. The summed E-state index contributed by atoms with van der Waals surface area (Å²) >= 11 is 0. The Morgan fingerprint density at radius 3 is 2.75 bits per heavy atom. The van der Waals surface area contributed by atoms with Gasteiger partial charge in [-0.2, -0.15) is 0 Å². The zero-order valence-electron chi connectivity index (χ0n) is 11.2. The van der Waals surface area contributed by atoms with Crippen LogP contribution in [0.3, 0.4) is 0 Å². The summed E-state index contributed by atoms with van der Waals surface area (Å²) in [6, 6.07) is 0.400. The van der Waals surface area contributed by atoms with Crippen LogP contribution in [-0.2, 0) is 9.47 Å². The van der Waals surface area contributed by atoms with Gasteiger partial charge in [0.25, 0.3) is 0 Å². The molecule has 1 saturated heterocycles. The van der Waals surface area contributed by atoms with Crippen LogP contribution in [0.5, 0.6) is 0 Å². The molecule has 1 aliphatic heterocycles. The maximum atomic E-state index is 5.79. The minimum absolute atomic E-state index is 0.0951. The maximum Gasteiger partial charge on any atom is 0.0778 e. The van der Waals surface area contributed by atoms with Crippen molar-refractivity contribution in [2.75, 3.05) is 20.3 Å². The van der Waals surface area contributed by atoms with E-state index in [9.17, 15) is 0 Å². The number of hydrogen-bond acceptors (Lipinski definition) is 3. The van der Waals surface area contributed by atoms with Crippen LogP contribution in [0.25, 0.3) is 0 Å². The van der Waals surface area contributed by atoms with Gasteiger partial charge >= 0.3 is 0 Å². The van der Waals surface area contributed by atoms with Crippen LogP contribution in [0.2, 0.25) is 0 Å². The Morgan fingerprint density at radius 1 is 1.50 bits per heavy atom. The molecule has 0 aromatic heterocycles. The average molecular weight is 229 g/mol.